The first-order chi connectivity index (χ1) is 9.69. The quantitative estimate of drug-likeness (QED) is 0.840. The van der Waals surface area contributed by atoms with Crippen LogP contribution in [-0.4, -0.2) is 22.5 Å². The largest absolute Gasteiger partial charge is 0.480 e. The van der Waals surface area contributed by atoms with E-state index in [1.807, 2.05) is 0 Å². The third kappa shape index (κ3) is 1.87. The summed E-state index contributed by atoms with van der Waals surface area (Å²) in [5, 5.41) is 12.2. The monoisotopic (exact) mass is 291 g/mol. The van der Waals surface area contributed by atoms with Crippen LogP contribution < -0.4 is 5.32 Å². The molecule has 0 heterocycles. The maximum Gasteiger partial charge on any atom is 0.329 e. The van der Waals surface area contributed by atoms with Gasteiger partial charge < -0.3 is 10.4 Å². The van der Waals surface area contributed by atoms with Gasteiger partial charge in [0.1, 0.15) is 5.54 Å². The third-order valence-corrected chi connectivity index (χ3v) is 6.62. The molecule has 2 atom stereocenters. The van der Waals surface area contributed by atoms with Crippen molar-refractivity contribution >= 4 is 11.9 Å². The fraction of sp³-hybridized carbons (Fsp3) is 0.882. The summed E-state index contributed by atoms with van der Waals surface area (Å²) in [6.07, 6.45) is 7.78. The minimum Gasteiger partial charge on any atom is -0.480 e. The number of carbonyl (C=O) groups is 2. The Balaban J connectivity index is 1.62. The topological polar surface area (TPSA) is 66.4 Å². The van der Waals surface area contributed by atoms with Crippen LogP contribution in [0.25, 0.3) is 0 Å². The summed E-state index contributed by atoms with van der Waals surface area (Å²) in [5.41, 5.74) is -0.674. The van der Waals surface area contributed by atoms with Gasteiger partial charge in [-0.25, -0.2) is 4.79 Å². The normalized spacial score (nSPS) is 49.0. The number of hydrogen-bond acceptors (Lipinski definition) is 2. The van der Waals surface area contributed by atoms with Gasteiger partial charge in [0.2, 0.25) is 5.91 Å². The molecule has 0 aromatic carbocycles. The van der Waals surface area contributed by atoms with Gasteiger partial charge in [-0.3, -0.25) is 4.79 Å². The lowest BCUT2D eigenvalue weighted by Gasteiger charge is -2.64. The van der Waals surface area contributed by atoms with Gasteiger partial charge in [0.05, 0.1) is 5.41 Å². The molecule has 0 saturated heterocycles. The second-order valence-electron chi connectivity index (χ2n) is 9.25. The Bertz CT molecular complexity index is 518. The van der Waals surface area contributed by atoms with Crippen molar-refractivity contribution < 1.29 is 14.7 Å². The van der Waals surface area contributed by atoms with E-state index in [1.165, 1.54) is 19.3 Å². The van der Waals surface area contributed by atoms with Crippen LogP contribution in [0.2, 0.25) is 0 Å². The van der Waals surface area contributed by atoms with E-state index in [2.05, 4.69) is 19.2 Å². The average molecular weight is 291 g/mol. The van der Waals surface area contributed by atoms with Gasteiger partial charge in [-0.15, -0.1) is 0 Å². The van der Waals surface area contributed by atoms with E-state index in [4.69, 9.17) is 0 Å². The summed E-state index contributed by atoms with van der Waals surface area (Å²) >= 11 is 0. The zero-order valence-electron chi connectivity index (χ0n) is 13.0. The SMILES string of the molecule is CC12CC3CC(C)(C1)CC(C(=O)NC1(C(=O)O)CC1)(C3)C2. The summed E-state index contributed by atoms with van der Waals surface area (Å²) in [7, 11) is 0. The summed E-state index contributed by atoms with van der Waals surface area (Å²) in [5.74, 6) is -0.177. The number of hydrogen-bond donors (Lipinski definition) is 2. The molecule has 2 N–H and O–H groups in total. The van der Waals surface area contributed by atoms with Gasteiger partial charge in [0.25, 0.3) is 0 Å². The first-order valence-electron chi connectivity index (χ1n) is 8.25. The molecule has 0 aromatic heterocycles. The molecule has 2 unspecified atom stereocenters. The predicted octanol–water partition coefficient (Wildman–Crippen LogP) is 2.72. The fourth-order valence-corrected chi connectivity index (χ4v) is 6.57. The summed E-state index contributed by atoms with van der Waals surface area (Å²) in [4.78, 5) is 24.3. The van der Waals surface area contributed by atoms with Crippen molar-refractivity contribution in [1.29, 1.82) is 0 Å². The maximum absolute atomic E-state index is 13.0. The number of amides is 1. The smallest absolute Gasteiger partial charge is 0.329 e. The molecule has 5 aliphatic rings. The van der Waals surface area contributed by atoms with E-state index < -0.39 is 11.5 Å². The van der Waals surface area contributed by atoms with Crippen LogP contribution in [0.5, 0.6) is 0 Å². The number of aliphatic carboxylic acids is 1. The summed E-state index contributed by atoms with van der Waals surface area (Å²) < 4.78 is 0. The number of rotatable bonds is 3. The molecule has 21 heavy (non-hydrogen) atoms. The Morgan fingerprint density at radius 3 is 2.00 bits per heavy atom. The van der Waals surface area contributed by atoms with Crippen LogP contribution in [0.15, 0.2) is 0 Å². The molecule has 0 radical (unpaired) electrons. The van der Waals surface area contributed by atoms with Crippen LogP contribution in [0.3, 0.4) is 0 Å². The van der Waals surface area contributed by atoms with Gasteiger partial charge in [-0.2, -0.15) is 0 Å². The first kappa shape index (κ1) is 13.6. The molecule has 5 fully saturated rings. The van der Waals surface area contributed by atoms with Crippen LogP contribution in [0.1, 0.15) is 65.2 Å². The lowest BCUT2D eigenvalue weighted by molar-refractivity contribution is -0.172. The molecule has 5 rings (SSSR count). The summed E-state index contributed by atoms with van der Waals surface area (Å²) in [6, 6.07) is 0. The van der Waals surface area contributed by atoms with Crippen molar-refractivity contribution in [2.75, 3.05) is 0 Å². The molecule has 4 bridgehead atoms. The van der Waals surface area contributed by atoms with Gasteiger partial charge in [0.15, 0.2) is 0 Å². The molecule has 5 aliphatic carbocycles. The van der Waals surface area contributed by atoms with Crippen molar-refractivity contribution in [2.24, 2.45) is 22.2 Å². The minimum absolute atomic E-state index is 0.0314. The van der Waals surface area contributed by atoms with Crippen LogP contribution in [-0.2, 0) is 9.59 Å². The number of nitrogens with one attached hydrogen (secondary N) is 1. The van der Waals surface area contributed by atoms with Crippen molar-refractivity contribution in [2.45, 2.75) is 70.8 Å². The molecule has 0 spiro atoms. The van der Waals surface area contributed by atoms with Crippen molar-refractivity contribution in [3.63, 3.8) is 0 Å². The van der Waals surface area contributed by atoms with Gasteiger partial charge in [0, 0.05) is 0 Å². The third-order valence-electron chi connectivity index (χ3n) is 6.62. The molecule has 4 nitrogen and oxygen atoms in total. The predicted molar refractivity (Wildman–Crippen MR) is 77.6 cm³/mol. The van der Waals surface area contributed by atoms with Crippen molar-refractivity contribution in [3.8, 4) is 0 Å². The van der Waals surface area contributed by atoms with Crippen LogP contribution >= 0.6 is 0 Å². The molecule has 0 aliphatic heterocycles. The average Bonchev–Trinajstić information content (AvgIpc) is 3.04. The van der Waals surface area contributed by atoms with E-state index in [1.54, 1.807) is 0 Å². The van der Waals surface area contributed by atoms with E-state index in [0.717, 1.165) is 19.3 Å². The zero-order chi connectivity index (χ0) is 15.1. The van der Waals surface area contributed by atoms with E-state index in [-0.39, 0.29) is 22.2 Å². The lowest BCUT2D eigenvalue weighted by atomic mass is 9.40. The van der Waals surface area contributed by atoms with Gasteiger partial charge in [-0.05, 0) is 68.1 Å². The number of carbonyl (C=O) groups excluding carboxylic acids is 1. The molecular weight excluding hydrogens is 266 g/mol. The minimum atomic E-state index is -0.942. The zero-order valence-corrected chi connectivity index (χ0v) is 13.0. The standard InChI is InChI=1S/C17H25NO3/c1-14-5-11-6-15(2,8-14)10-16(7-11,9-14)12(19)18-17(3-4-17)13(20)21/h11H,3-10H2,1-2H3,(H,18,19)(H,20,21). The fourth-order valence-electron chi connectivity index (χ4n) is 6.57. The van der Waals surface area contributed by atoms with Crippen LogP contribution in [0, 0.1) is 22.2 Å². The van der Waals surface area contributed by atoms with Crippen LogP contribution in [0.4, 0.5) is 0 Å². The molecule has 4 heteroatoms. The highest BCUT2D eigenvalue weighted by atomic mass is 16.4. The Labute approximate surface area is 125 Å². The maximum atomic E-state index is 13.0. The van der Waals surface area contributed by atoms with E-state index >= 15 is 0 Å². The highest BCUT2D eigenvalue weighted by Crippen LogP contribution is 2.69. The first-order valence-corrected chi connectivity index (χ1v) is 8.25. The molecule has 0 aromatic rings. The second-order valence-corrected chi connectivity index (χ2v) is 9.25. The Morgan fingerprint density at radius 2 is 1.57 bits per heavy atom. The molecule has 1 amide bonds. The molecule has 116 valence electrons. The Morgan fingerprint density at radius 1 is 1.00 bits per heavy atom. The Kier molecular flexibility index (Phi) is 2.35. The van der Waals surface area contributed by atoms with E-state index in [0.29, 0.717) is 18.8 Å². The summed E-state index contributed by atoms with van der Waals surface area (Å²) in [6.45, 7) is 4.67. The Hall–Kier alpha value is -1.06. The number of carboxylic acids is 1. The van der Waals surface area contributed by atoms with Gasteiger partial charge in [-0.1, -0.05) is 13.8 Å². The van der Waals surface area contributed by atoms with Crippen molar-refractivity contribution in [3.05, 3.63) is 0 Å². The lowest BCUT2D eigenvalue weighted by Crippen LogP contribution is -2.61. The van der Waals surface area contributed by atoms with E-state index in [9.17, 15) is 14.7 Å². The highest BCUT2D eigenvalue weighted by molar-refractivity contribution is 5.92. The second kappa shape index (κ2) is 3.64. The van der Waals surface area contributed by atoms with Crippen molar-refractivity contribution in [1.82, 2.24) is 5.32 Å². The molecular formula is C17H25NO3. The molecule has 5 saturated carbocycles. The van der Waals surface area contributed by atoms with Gasteiger partial charge >= 0.3 is 5.97 Å². The highest BCUT2D eigenvalue weighted by Gasteiger charge is 2.64. The number of carboxylic acid groups (broad SMARTS) is 1.